The van der Waals surface area contributed by atoms with Gasteiger partial charge < -0.3 is 5.32 Å². The number of piperazine rings is 1. The van der Waals surface area contributed by atoms with Crippen molar-refractivity contribution in [3.8, 4) is 0 Å². The molecule has 1 fully saturated rings. The number of halogens is 2. The summed E-state index contributed by atoms with van der Waals surface area (Å²) in [5.74, 6) is 0.499. The van der Waals surface area contributed by atoms with Crippen LogP contribution in [0.3, 0.4) is 0 Å². The lowest BCUT2D eigenvalue weighted by Crippen LogP contribution is -2.46. The Labute approximate surface area is 134 Å². The van der Waals surface area contributed by atoms with Crippen molar-refractivity contribution in [3.63, 3.8) is 0 Å². The molecule has 1 aromatic rings. The van der Waals surface area contributed by atoms with E-state index in [4.69, 9.17) is 0 Å². The van der Waals surface area contributed by atoms with Gasteiger partial charge in [0.2, 0.25) is 0 Å². The first-order valence-corrected chi connectivity index (χ1v) is 7.84. The maximum Gasteiger partial charge on any atom is 0.126 e. The second-order valence-corrected chi connectivity index (χ2v) is 6.01. The van der Waals surface area contributed by atoms with E-state index < -0.39 is 0 Å². The highest BCUT2D eigenvalue weighted by Crippen LogP contribution is 2.32. The van der Waals surface area contributed by atoms with Crippen molar-refractivity contribution in [2.75, 3.05) is 26.2 Å². The van der Waals surface area contributed by atoms with Gasteiger partial charge >= 0.3 is 0 Å². The second-order valence-electron chi connectivity index (χ2n) is 6.01. The highest BCUT2D eigenvalue weighted by Gasteiger charge is 2.27. The first kappa shape index (κ1) is 18.4. The molecule has 1 aromatic carbocycles. The highest BCUT2D eigenvalue weighted by atomic mass is 35.5. The SMILES string of the molecule is CCCC(C)[C@@H](c1ccc(F)c(C)c1)N1CCNCC1.Cl. The summed E-state index contributed by atoms with van der Waals surface area (Å²) in [4.78, 5) is 2.56. The van der Waals surface area contributed by atoms with E-state index in [1.165, 1.54) is 18.4 Å². The Bertz CT molecular complexity index is 433. The zero-order valence-corrected chi connectivity index (χ0v) is 14.2. The van der Waals surface area contributed by atoms with Crippen molar-refractivity contribution in [1.82, 2.24) is 10.2 Å². The van der Waals surface area contributed by atoms with E-state index in [0.29, 0.717) is 12.0 Å². The summed E-state index contributed by atoms with van der Waals surface area (Å²) < 4.78 is 13.5. The minimum absolute atomic E-state index is 0. The Kier molecular flexibility index (Phi) is 7.64. The largest absolute Gasteiger partial charge is 0.314 e. The first-order chi connectivity index (χ1) is 9.63. The molecule has 0 bridgehead atoms. The van der Waals surface area contributed by atoms with Crippen molar-refractivity contribution < 1.29 is 4.39 Å². The fraction of sp³-hybridized carbons (Fsp3) is 0.647. The van der Waals surface area contributed by atoms with Crippen LogP contribution in [-0.2, 0) is 0 Å². The maximum atomic E-state index is 13.5. The van der Waals surface area contributed by atoms with Crippen molar-refractivity contribution in [3.05, 3.63) is 35.1 Å². The predicted molar refractivity (Wildman–Crippen MR) is 89.6 cm³/mol. The van der Waals surface area contributed by atoms with E-state index in [1.54, 1.807) is 6.07 Å². The lowest BCUT2D eigenvalue weighted by atomic mass is 9.88. The Morgan fingerprint density at radius 1 is 1.29 bits per heavy atom. The normalized spacial score (nSPS) is 18.9. The monoisotopic (exact) mass is 314 g/mol. The molecule has 1 aliphatic rings. The van der Waals surface area contributed by atoms with Gasteiger partial charge in [-0.3, -0.25) is 4.90 Å². The van der Waals surface area contributed by atoms with E-state index in [-0.39, 0.29) is 18.2 Å². The molecule has 21 heavy (non-hydrogen) atoms. The van der Waals surface area contributed by atoms with Crippen molar-refractivity contribution >= 4 is 12.4 Å². The molecule has 0 aromatic heterocycles. The predicted octanol–water partition coefficient (Wildman–Crippen LogP) is 3.94. The lowest BCUT2D eigenvalue weighted by Gasteiger charge is -2.39. The van der Waals surface area contributed by atoms with Gasteiger partial charge in [-0.1, -0.05) is 32.4 Å². The third-order valence-electron chi connectivity index (χ3n) is 4.35. The van der Waals surface area contributed by atoms with Crippen LogP contribution in [0.4, 0.5) is 4.39 Å². The van der Waals surface area contributed by atoms with E-state index >= 15 is 0 Å². The van der Waals surface area contributed by atoms with Gasteiger partial charge in [0, 0.05) is 32.2 Å². The molecule has 1 saturated heterocycles. The van der Waals surface area contributed by atoms with Gasteiger partial charge in [0.05, 0.1) is 0 Å². The summed E-state index contributed by atoms with van der Waals surface area (Å²) in [5.41, 5.74) is 2.03. The molecular formula is C17H28ClFN2. The summed E-state index contributed by atoms with van der Waals surface area (Å²) in [6.45, 7) is 10.7. The Hall–Kier alpha value is -0.640. The van der Waals surface area contributed by atoms with E-state index in [1.807, 2.05) is 19.1 Å². The summed E-state index contributed by atoms with van der Waals surface area (Å²) in [5, 5.41) is 3.41. The summed E-state index contributed by atoms with van der Waals surface area (Å²) >= 11 is 0. The van der Waals surface area contributed by atoms with Crippen LogP contribution in [0.5, 0.6) is 0 Å². The van der Waals surface area contributed by atoms with Gasteiger partial charge in [-0.15, -0.1) is 12.4 Å². The van der Waals surface area contributed by atoms with Crippen LogP contribution in [-0.4, -0.2) is 31.1 Å². The zero-order chi connectivity index (χ0) is 14.5. The van der Waals surface area contributed by atoms with Gasteiger partial charge in [0.1, 0.15) is 5.82 Å². The number of aryl methyl sites for hydroxylation is 1. The molecule has 120 valence electrons. The maximum absolute atomic E-state index is 13.5. The first-order valence-electron chi connectivity index (χ1n) is 7.84. The Morgan fingerprint density at radius 2 is 1.95 bits per heavy atom. The number of hydrogen-bond donors (Lipinski definition) is 1. The molecule has 2 nitrogen and oxygen atoms in total. The molecule has 0 amide bonds. The van der Waals surface area contributed by atoms with E-state index in [0.717, 1.165) is 31.7 Å². The van der Waals surface area contributed by atoms with E-state index in [2.05, 4.69) is 24.1 Å². The Balaban J connectivity index is 0.00000220. The zero-order valence-electron chi connectivity index (χ0n) is 13.4. The molecule has 2 rings (SSSR count). The van der Waals surface area contributed by atoms with Gasteiger partial charge in [-0.05, 0) is 36.5 Å². The molecule has 4 heteroatoms. The number of benzene rings is 1. The quantitative estimate of drug-likeness (QED) is 0.885. The number of rotatable bonds is 5. The van der Waals surface area contributed by atoms with Crippen LogP contribution >= 0.6 is 12.4 Å². The second kappa shape index (κ2) is 8.72. The molecule has 1 unspecified atom stereocenters. The van der Waals surface area contributed by atoms with Gasteiger partial charge in [-0.25, -0.2) is 4.39 Å². The van der Waals surface area contributed by atoms with Crippen molar-refractivity contribution in [1.29, 1.82) is 0 Å². The average Bonchev–Trinajstić information content (AvgIpc) is 2.44. The molecule has 0 saturated carbocycles. The smallest absolute Gasteiger partial charge is 0.126 e. The minimum atomic E-state index is -0.101. The third kappa shape index (κ3) is 4.67. The van der Waals surface area contributed by atoms with Crippen LogP contribution < -0.4 is 5.32 Å². The van der Waals surface area contributed by atoms with E-state index in [9.17, 15) is 4.39 Å². The summed E-state index contributed by atoms with van der Waals surface area (Å²) in [6.07, 6.45) is 2.41. The molecule has 1 N–H and O–H groups in total. The molecule has 1 aliphatic heterocycles. The van der Waals surface area contributed by atoms with Crippen molar-refractivity contribution in [2.45, 2.75) is 39.7 Å². The topological polar surface area (TPSA) is 15.3 Å². The molecule has 2 atom stereocenters. The van der Waals surface area contributed by atoms with Crippen LogP contribution in [0.1, 0.15) is 43.9 Å². The summed E-state index contributed by atoms with van der Waals surface area (Å²) in [6, 6.07) is 6.05. The molecule has 1 heterocycles. The molecule has 0 aliphatic carbocycles. The third-order valence-corrected chi connectivity index (χ3v) is 4.35. The van der Waals surface area contributed by atoms with Crippen LogP contribution in [0.15, 0.2) is 18.2 Å². The fourth-order valence-corrected chi connectivity index (χ4v) is 3.32. The van der Waals surface area contributed by atoms with Crippen LogP contribution in [0, 0.1) is 18.7 Å². The number of hydrogen-bond acceptors (Lipinski definition) is 2. The number of nitrogens with zero attached hydrogens (tertiary/aromatic N) is 1. The van der Waals surface area contributed by atoms with Gasteiger partial charge in [-0.2, -0.15) is 0 Å². The summed E-state index contributed by atoms with van der Waals surface area (Å²) in [7, 11) is 0. The van der Waals surface area contributed by atoms with Crippen molar-refractivity contribution in [2.24, 2.45) is 5.92 Å². The van der Waals surface area contributed by atoms with Gasteiger partial charge in [0.25, 0.3) is 0 Å². The number of nitrogens with one attached hydrogen (secondary N) is 1. The standard InChI is InChI=1S/C17H27FN2.ClH/c1-4-5-13(2)17(20-10-8-19-9-11-20)15-6-7-16(18)14(3)12-15;/h6-7,12-13,17,19H,4-5,8-11H2,1-3H3;1H/t13?,17-;/m0./s1. The average molecular weight is 315 g/mol. The van der Waals surface area contributed by atoms with Crippen LogP contribution in [0.25, 0.3) is 0 Å². The molecular weight excluding hydrogens is 287 g/mol. The van der Waals surface area contributed by atoms with Crippen LogP contribution in [0.2, 0.25) is 0 Å². The minimum Gasteiger partial charge on any atom is -0.314 e. The Morgan fingerprint density at radius 3 is 2.52 bits per heavy atom. The van der Waals surface area contributed by atoms with Gasteiger partial charge in [0.15, 0.2) is 0 Å². The fourth-order valence-electron chi connectivity index (χ4n) is 3.32. The molecule has 0 radical (unpaired) electrons. The molecule has 0 spiro atoms. The highest BCUT2D eigenvalue weighted by molar-refractivity contribution is 5.85. The lowest BCUT2D eigenvalue weighted by molar-refractivity contribution is 0.126.